The van der Waals surface area contributed by atoms with Gasteiger partial charge in [0.25, 0.3) is 0 Å². The Labute approximate surface area is 154 Å². The van der Waals surface area contributed by atoms with Gasteiger partial charge >= 0.3 is 0 Å². The molecule has 0 aromatic rings. The summed E-state index contributed by atoms with van der Waals surface area (Å²) in [6, 6.07) is -0.760. The van der Waals surface area contributed by atoms with Crippen LogP contribution in [-0.4, -0.2) is 72.6 Å². The van der Waals surface area contributed by atoms with Crippen molar-refractivity contribution in [1.82, 2.24) is 10.6 Å². The fourth-order valence-corrected chi connectivity index (χ4v) is 3.05. The Morgan fingerprint density at radius 3 is 2.48 bits per heavy atom. The Kier molecular flexibility index (Phi) is 12.5. The van der Waals surface area contributed by atoms with Gasteiger partial charge in [0.05, 0.1) is 18.8 Å². The van der Waals surface area contributed by atoms with E-state index >= 15 is 0 Å². The molecule has 8 nitrogen and oxygen atoms in total. The highest BCUT2D eigenvalue weighted by Crippen LogP contribution is 2.08. The number of amides is 1. The molecule has 3 atom stereocenters. The second-order valence-electron chi connectivity index (χ2n) is 6.23. The number of thioether (sulfide) groups is 1. The highest BCUT2D eigenvalue weighted by Gasteiger charge is 2.20. The number of aliphatic hydroxyl groups is 1. The van der Waals surface area contributed by atoms with Crippen molar-refractivity contribution in [3.05, 3.63) is 0 Å². The zero-order valence-electron chi connectivity index (χ0n) is 15.5. The molecule has 0 aromatic carbocycles. The van der Waals surface area contributed by atoms with Crippen LogP contribution in [0, 0.1) is 11.3 Å². The Bertz CT molecular complexity index is 434. The summed E-state index contributed by atoms with van der Waals surface area (Å²) in [5.41, 5.74) is 5.27. The van der Waals surface area contributed by atoms with Crippen molar-refractivity contribution in [3.8, 4) is 0 Å². The first-order valence-corrected chi connectivity index (χ1v) is 9.49. The second kappa shape index (κ2) is 13.1. The van der Waals surface area contributed by atoms with Crippen LogP contribution in [0.5, 0.6) is 0 Å². The molecule has 0 aromatic heterocycles. The van der Waals surface area contributed by atoms with Gasteiger partial charge in [0.2, 0.25) is 5.91 Å². The number of primary amides is 1. The SMILES string of the molecule is CN[C@@H](CCSCC(O)COCC(=N)N[C@H](C(N)=O)C(C)C)C(C)=O. The average molecular weight is 377 g/mol. The summed E-state index contributed by atoms with van der Waals surface area (Å²) >= 11 is 1.55. The maximum atomic E-state index is 11.3. The normalized spacial score (nSPS) is 14.8. The first kappa shape index (κ1) is 23.8. The van der Waals surface area contributed by atoms with Crippen LogP contribution < -0.4 is 16.4 Å². The molecule has 0 radical (unpaired) electrons. The molecular weight excluding hydrogens is 344 g/mol. The zero-order valence-corrected chi connectivity index (χ0v) is 16.3. The van der Waals surface area contributed by atoms with Gasteiger partial charge in [-0.2, -0.15) is 11.8 Å². The lowest BCUT2D eigenvalue weighted by atomic mass is 10.0. The van der Waals surface area contributed by atoms with Crippen LogP contribution in [0.25, 0.3) is 0 Å². The molecule has 0 aliphatic heterocycles. The molecule has 0 saturated carbocycles. The molecule has 0 bridgehead atoms. The van der Waals surface area contributed by atoms with E-state index in [-0.39, 0.29) is 36.8 Å². The van der Waals surface area contributed by atoms with E-state index in [0.717, 1.165) is 5.75 Å². The third-order valence-electron chi connectivity index (χ3n) is 3.56. The molecule has 146 valence electrons. The number of carbonyl (C=O) groups excluding carboxylic acids is 2. The third-order valence-corrected chi connectivity index (χ3v) is 4.70. The highest BCUT2D eigenvalue weighted by molar-refractivity contribution is 7.99. The van der Waals surface area contributed by atoms with Crippen molar-refractivity contribution in [2.45, 2.75) is 45.4 Å². The lowest BCUT2D eigenvalue weighted by Crippen LogP contribution is -2.48. The molecule has 1 unspecified atom stereocenters. The number of Topliss-reactive ketones (excluding diaryl/α,β-unsaturated/α-hetero) is 1. The van der Waals surface area contributed by atoms with E-state index in [1.807, 2.05) is 13.8 Å². The van der Waals surface area contributed by atoms with Crippen LogP contribution in [-0.2, 0) is 14.3 Å². The van der Waals surface area contributed by atoms with Gasteiger partial charge < -0.3 is 26.2 Å². The number of ketones is 1. The van der Waals surface area contributed by atoms with Gasteiger partial charge in [0.1, 0.15) is 24.3 Å². The molecule has 0 rings (SSSR count). The summed E-state index contributed by atoms with van der Waals surface area (Å²) in [4.78, 5) is 22.5. The molecule has 0 spiro atoms. The molecule has 1 amide bonds. The molecule has 0 aliphatic carbocycles. The van der Waals surface area contributed by atoms with Crippen molar-refractivity contribution < 1.29 is 19.4 Å². The van der Waals surface area contributed by atoms with E-state index in [4.69, 9.17) is 15.9 Å². The highest BCUT2D eigenvalue weighted by atomic mass is 32.2. The van der Waals surface area contributed by atoms with Crippen LogP contribution >= 0.6 is 11.8 Å². The van der Waals surface area contributed by atoms with Gasteiger partial charge in [-0.25, -0.2) is 0 Å². The third kappa shape index (κ3) is 11.1. The first-order chi connectivity index (χ1) is 11.7. The van der Waals surface area contributed by atoms with Gasteiger partial charge in [0.15, 0.2) is 0 Å². The topological polar surface area (TPSA) is 138 Å². The molecule has 0 fully saturated rings. The number of hydrogen-bond acceptors (Lipinski definition) is 7. The average Bonchev–Trinajstić information content (AvgIpc) is 2.51. The van der Waals surface area contributed by atoms with Gasteiger partial charge in [0, 0.05) is 5.75 Å². The summed E-state index contributed by atoms with van der Waals surface area (Å²) in [5.74, 6) is 0.862. The number of likely N-dealkylation sites (N-methyl/N-ethyl adjacent to an activating group) is 1. The summed E-state index contributed by atoms with van der Waals surface area (Å²) in [6.07, 6.45) is 0.0581. The minimum absolute atomic E-state index is 0.0234. The number of carbonyl (C=O) groups is 2. The van der Waals surface area contributed by atoms with E-state index in [0.29, 0.717) is 12.2 Å². The van der Waals surface area contributed by atoms with Crippen molar-refractivity contribution in [2.75, 3.05) is 31.8 Å². The van der Waals surface area contributed by atoms with Crippen molar-refractivity contribution in [2.24, 2.45) is 11.7 Å². The van der Waals surface area contributed by atoms with Crippen LogP contribution in [0.2, 0.25) is 0 Å². The molecule has 25 heavy (non-hydrogen) atoms. The standard InChI is InChI=1S/C16H32N4O4S/c1-10(2)15(16(18)23)20-14(17)8-24-7-12(22)9-25-6-5-13(19-4)11(3)21/h10,12-13,15,19,22H,5-9H2,1-4H3,(H2,17,20)(H2,18,23)/t12?,13-,15-/m0/s1. The fraction of sp³-hybridized carbons (Fsp3) is 0.812. The molecule has 9 heteroatoms. The Balaban J connectivity index is 3.89. The van der Waals surface area contributed by atoms with Crippen LogP contribution in [0.4, 0.5) is 0 Å². The number of nitrogens with one attached hydrogen (secondary N) is 3. The van der Waals surface area contributed by atoms with E-state index in [1.165, 1.54) is 0 Å². The van der Waals surface area contributed by atoms with Crippen molar-refractivity contribution in [3.63, 3.8) is 0 Å². The van der Waals surface area contributed by atoms with Gasteiger partial charge in [-0.1, -0.05) is 13.8 Å². The lowest BCUT2D eigenvalue weighted by molar-refractivity contribution is -0.120. The lowest BCUT2D eigenvalue weighted by Gasteiger charge is -2.20. The number of nitrogens with two attached hydrogens (primary N) is 1. The maximum Gasteiger partial charge on any atom is 0.240 e. The number of rotatable bonds is 14. The number of ether oxygens (including phenoxy) is 1. The van der Waals surface area contributed by atoms with E-state index in [2.05, 4.69) is 10.6 Å². The van der Waals surface area contributed by atoms with Crippen molar-refractivity contribution in [1.29, 1.82) is 5.41 Å². The summed E-state index contributed by atoms with van der Waals surface area (Å²) in [7, 11) is 1.75. The molecule has 0 saturated heterocycles. The first-order valence-electron chi connectivity index (χ1n) is 8.33. The van der Waals surface area contributed by atoms with E-state index < -0.39 is 18.1 Å². The van der Waals surface area contributed by atoms with Crippen LogP contribution in [0.1, 0.15) is 27.2 Å². The predicted octanol–water partition coefficient (Wildman–Crippen LogP) is -0.259. The summed E-state index contributed by atoms with van der Waals surface area (Å²) in [5, 5.41) is 23.3. The number of amidine groups is 1. The molecular formula is C16H32N4O4S. The molecule has 6 N–H and O–H groups in total. The van der Waals surface area contributed by atoms with E-state index in [9.17, 15) is 14.7 Å². The van der Waals surface area contributed by atoms with Crippen molar-refractivity contribution >= 4 is 29.3 Å². The number of aliphatic hydroxyl groups excluding tert-OH is 1. The van der Waals surface area contributed by atoms with E-state index in [1.54, 1.807) is 25.7 Å². The monoisotopic (exact) mass is 376 g/mol. The van der Waals surface area contributed by atoms with Crippen LogP contribution in [0.3, 0.4) is 0 Å². The second-order valence-corrected chi connectivity index (χ2v) is 7.38. The van der Waals surface area contributed by atoms with Crippen LogP contribution in [0.15, 0.2) is 0 Å². The summed E-state index contributed by atoms with van der Waals surface area (Å²) < 4.78 is 5.29. The smallest absolute Gasteiger partial charge is 0.240 e. The quantitative estimate of drug-likeness (QED) is 0.160. The molecule has 0 heterocycles. The minimum atomic E-state index is -0.653. The minimum Gasteiger partial charge on any atom is -0.390 e. The largest absolute Gasteiger partial charge is 0.390 e. The number of hydrogen-bond donors (Lipinski definition) is 5. The fourth-order valence-electron chi connectivity index (χ4n) is 2.11. The van der Waals surface area contributed by atoms with Gasteiger partial charge in [-0.3, -0.25) is 15.0 Å². The Morgan fingerprint density at radius 1 is 1.36 bits per heavy atom. The predicted molar refractivity (Wildman–Crippen MR) is 101 cm³/mol. The maximum absolute atomic E-state index is 11.3. The zero-order chi connectivity index (χ0) is 19.4. The molecule has 0 aliphatic rings. The van der Waals surface area contributed by atoms with Gasteiger partial charge in [-0.05, 0) is 32.1 Å². The summed E-state index contributed by atoms with van der Waals surface area (Å²) in [6.45, 7) is 5.30. The Hall–Kier alpha value is -1.16. The Morgan fingerprint density at radius 2 is 2.00 bits per heavy atom. The van der Waals surface area contributed by atoms with Gasteiger partial charge in [-0.15, -0.1) is 0 Å².